The molecule has 2 unspecified atom stereocenters. The van der Waals surface area contributed by atoms with Gasteiger partial charge in [-0.2, -0.15) is 0 Å². The lowest BCUT2D eigenvalue weighted by molar-refractivity contribution is -0.166. The summed E-state index contributed by atoms with van der Waals surface area (Å²) in [5, 5.41) is 20.1. The molecule has 0 aromatic carbocycles. The molecule has 0 aromatic heterocycles. The molecule has 92 valence electrons. The first-order chi connectivity index (χ1) is 7.21. The third-order valence-electron chi connectivity index (χ3n) is 4.41. The number of hydrogen-bond acceptors (Lipinski definition) is 2. The average molecular weight is 226 g/mol. The zero-order valence-corrected chi connectivity index (χ0v) is 10.4. The maximum absolute atomic E-state index is 11.3. The molecule has 3 nitrogen and oxygen atoms in total. The van der Waals surface area contributed by atoms with E-state index in [9.17, 15) is 15.0 Å². The third kappa shape index (κ3) is 1.65. The lowest BCUT2D eigenvalue weighted by Gasteiger charge is -2.47. The van der Waals surface area contributed by atoms with Crippen LogP contribution in [0.4, 0.5) is 0 Å². The van der Waals surface area contributed by atoms with Gasteiger partial charge in [-0.05, 0) is 43.4 Å². The van der Waals surface area contributed by atoms with Crippen molar-refractivity contribution in [2.24, 2.45) is 16.7 Å². The van der Waals surface area contributed by atoms with E-state index in [4.69, 9.17) is 0 Å². The van der Waals surface area contributed by atoms with Crippen molar-refractivity contribution in [1.29, 1.82) is 0 Å². The van der Waals surface area contributed by atoms with Crippen molar-refractivity contribution in [2.75, 3.05) is 0 Å². The minimum atomic E-state index is -0.986. The van der Waals surface area contributed by atoms with Crippen LogP contribution < -0.4 is 0 Å². The Labute approximate surface area is 96.9 Å². The molecule has 2 atom stereocenters. The van der Waals surface area contributed by atoms with E-state index in [1.54, 1.807) is 0 Å². The highest BCUT2D eigenvalue weighted by Gasteiger charge is 2.66. The first-order valence-corrected chi connectivity index (χ1v) is 6.17. The minimum absolute atomic E-state index is 0.0530. The zero-order chi connectivity index (χ0) is 12.2. The predicted octanol–water partition coefficient (Wildman–Crippen LogP) is 2.43. The Morgan fingerprint density at radius 2 is 1.81 bits per heavy atom. The van der Waals surface area contributed by atoms with Crippen LogP contribution in [-0.4, -0.2) is 21.8 Å². The van der Waals surface area contributed by atoms with E-state index in [0.717, 1.165) is 6.42 Å². The topological polar surface area (TPSA) is 57.5 Å². The van der Waals surface area contributed by atoms with E-state index < -0.39 is 17.0 Å². The van der Waals surface area contributed by atoms with Crippen molar-refractivity contribution in [3.05, 3.63) is 0 Å². The molecule has 0 aromatic rings. The maximum Gasteiger partial charge on any atom is 0.312 e. The summed E-state index contributed by atoms with van der Waals surface area (Å²) in [6.45, 7) is 6.38. The van der Waals surface area contributed by atoms with E-state index in [2.05, 4.69) is 20.8 Å². The van der Waals surface area contributed by atoms with E-state index in [0.29, 0.717) is 31.6 Å². The van der Waals surface area contributed by atoms with Crippen molar-refractivity contribution < 1.29 is 15.0 Å². The maximum atomic E-state index is 11.3. The quantitative estimate of drug-likeness (QED) is 0.760. The van der Waals surface area contributed by atoms with Gasteiger partial charge < -0.3 is 10.2 Å². The van der Waals surface area contributed by atoms with E-state index in [1.165, 1.54) is 0 Å². The number of hydrogen-bond donors (Lipinski definition) is 2. The molecular formula is C13H22O3. The van der Waals surface area contributed by atoms with Crippen LogP contribution in [0.15, 0.2) is 0 Å². The summed E-state index contributed by atoms with van der Waals surface area (Å²) < 4.78 is 0. The van der Waals surface area contributed by atoms with Gasteiger partial charge in [0.05, 0.1) is 11.0 Å². The van der Waals surface area contributed by atoms with Crippen molar-refractivity contribution in [3.8, 4) is 0 Å². The van der Waals surface area contributed by atoms with Crippen molar-refractivity contribution in [2.45, 2.75) is 58.5 Å². The third-order valence-corrected chi connectivity index (χ3v) is 4.41. The molecule has 0 aliphatic heterocycles. The van der Waals surface area contributed by atoms with Gasteiger partial charge in [0.15, 0.2) is 0 Å². The molecule has 3 heteroatoms. The lowest BCUT2D eigenvalue weighted by atomic mass is 9.61. The fraction of sp³-hybridized carbons (Fsp3) is 0.923. The van der Waals surface area contributed by atoms with E-state index in [1.807, 2.05) is 0 Å². The number of carboxylic acid groups (broad SMARTS) is 1. The van der Waals surface area contributed by atoms with Crippen LogP contribution in [0.2, 0.25) is 0 Å². The van der Waals surface area contributed by atoms with Gasteiger partial charge in [-0.1, -0.05) is 20.8 Å². The molecule has 16 heavy (non-hydrogen) atoms. The Morgan fingerprint density at radius 3 is 2.19 bits per heavy atom. The highest BCUT2D eigenvalue weighted by Crippen LogP contribution is 2.62. The average Bonchev–Trinajstić information content (AvgIpc) is 2.76. The van der Waals surface area contributed by atoms with Crippen molar-refractivity contribution >= 4 is 5.97 Å². The Balaban J connectivity index is 2.28. The summed E-state index contributed by atoms with van der Waals surface area (Å²) in [7, 11) is 0. The summed E-state index contributed by atoms with van der Waals surface area (Å²) in [4.78, 5) is 11.3. The monoisotopic (exact) mass is 226 g/mol. The van der Waals surface area contributed by atoms with E-state index >= 15 is 0 Å². The molecule has 0 amide bonds. The van der Waals surface area contributed by atoms with Crippen LogP contribution in [0.3, 0.4) is 0 Å². The second-order valence-corrected chi connectivity index (χ2v) is 6.77. The number of aliphatic hydroxyl groups is 1. The molecular weight excluding hydrogens is 204 g/mol. The molecule has 0 radical (unpaired) electrons. The van der Waals surface area contributed by atoms with Crippen molar-refractivity contribution in [1.82, 2.24) is 0 Å². The molecule has 2 rings (SSSR count). The largest absolute Gasteiger partial charge is 0.481 e. The molecule has 0 bridgehead atoms. The molecule has 2 saturated carbocycles. The number of carboxylic acids is 1. The molecule has 0 saturated heterocycles. The van der Waals surface area contributed by atoms with Gasteiger partial charge in [0.25, 0.3) is 0 Å². The SMILES string of the molecule is CC1CC(C)(C)CC(O)(C2(C(=O)O)CC2)C1. The van der Waals surface area contributed by atoms with Crippen molar-refractivity contribution in [3.63, 3.8) is 0 Å². The van der Waals surface area contributed by atoms with Gasteiger partial charge in [0.2, 0.25) is 0 Å². The van der Waals surface area contributed by atoms with Crippen LogP contribution in [0, 0.1) is 16.7 Å². The Bertz CT molecular complexity index is 317. The van der Waals surface area contributed by atoms with Gasteiger partial charge in [0, 0.05) is 0 Å². The van der Waals surface area contributed by atoms with Gasteiger partial charge in [0.1, 0.15) is 0 Å². The summed E-state index contributed by atoms with van der Waals surface area (Å²) >= 11 is 0. The van der Waals surface area contributed by atoms with Gasteiger partial charge in [-0.3, -0.25) is 4.79 Å². The minimum Gasteiger partial charge on any atom is -0.481 e. The Hall–Kier alpha value is -0.570. The van der Waals surface area contributed by atoms with Gasteiger partial charge in [-0.25, -0.2) is 0 Å². The van der Waals surface area contributed by atoms with Crippen LogP contribution in [0.5, 0.6) is 0 Å². The number of aliphatic carboxylic acids is 1. The molecule has 2 fully saturated rings. The normalized spacial score (nSPS) is 40.4. The fourth-order valence-electron chi connectivity index (χ4n) is 3.90. The molecule has 0 spiro atoms. The summed E-state index contributed by atoms with van der Waals surface area (Å²) in [5.41, 5.74) is -1.77. The molecule has 2 N–H and O–H groups in total. The Kier molecular flexibility index (Phi) is 2.40. The smallest absolute Gasteiger partial charge is 0.312 e. The molecule has 2 aliphatic carbocycles. The van der Waals surface area contributed by atoms with Gasteiger partial charge >= 0.3 is 5.97 Å². The van der Waals surface area contributed by atoms with Crippen LogP contribution in [-0.2, 0) is 4.79 Å². The summed E-state index contributed by atoms with van der Waals surface area (Å²) in [6, 6.07) is 0. The lowest BCUT2D eigenvalue weighted by Crippen LogP contribution is -2.51. The second-order valence-electron chi connectivity index (χ2n) is 6.77. The first-order valence-electron chi connectivity index (χ1n) is 6.17. The number of carbonyl (C=O) groups is 1. The van der Waals surface area contributed by atoms with Crippen LogP contribution >= 0.6 is 0 Å². The molecule has 0 heterocycles. The molecule has 2 aliphatic rings. The second kappa shape index (κ2) is 3.22. The van der Waals surface area contributed by atoms with Crippen LogP contribution in [0.25, 0.3) is 0 Å². The number of rotatable bonds is 2. The van der Waals surface area contributed by atoms with E-state index in [-0.39, 0.29) is 5.41 Å². The summed E-state index contributed by atoms with van der Waals surface area (Å²) in [6.07, 6.45) is 3.62. The standard InChI is InChI=1S/C13H22O3/c1-9-6-11(2,3)8-13(16,7-9)12(4-5-12)10(14)15/h9,16H,4-8H2,1-3H3,(H,14,15). The van der Waals surface area contributed by atoms with Crippen LogP contribution in [0.1, 0.15) is 52.9 Å². The predicted molar refractivity (Wildman–Crippen MR) is 61.0 cm³/mol. The van der Waals surface area contributed by atoms with Gasteiger partial charge in [-0.15, -0.1) is 0 Å². The first kappa shape index (κ1) is 11.9. The highest BCUT2D eigenvalue weighted by molar-refractivity contribution is 5.79. The summed E-state index contributed by atoms with van der Waals surface area (Å²) in [5.74, 6) is -0.398. The zero-order valence-electron chi connectivity index (χ0n) is 10.4. The fourth-order valence-corrected chi connectivity index (χ4v) is 3.90. The highest BCUT2D eigenvalue weighted by atomic mass is 16.4. The Morgan fingerprint density at radius 1 is 1.25 bits per heavy atom.